The van der Waals surface area contributed by atoms with Gasteiger partial charge in [-0.2, -0.15) is 0 Å². The molecule has 2 aliphatic carbocycles. The van der Waals surface area contributed by atoms with E-state index in [4.69, 9.17) is 18.7 Å². The third-order valence-electron chi connectivity index (χ3n) is 10.8. The van der Waals surface area contributed by atoms with Gasteiger partial charge in [-0.05, 0) is 95.8 Å². The summed E-state index contributed by atoms with van der Waals surface area (Å²) in [6.45, 7) is 11.6. The van der Waals surface area contributed by atoms with Crippen molar-refractivity contribution in [2.75, 3.05) is 36.5 Å². The normalized spacial score (nSPS) is 15.2. The molecule has 0 bridgehead atoms. The van der Waals surface area contributed by atoms with Gasteiger partial charge in [0.1, 0.15) is 40.2 Å². The standard InChI is InChI=1S/C43H47F2N9O6/c1-6-57-27(2)32-23-28(38(52-50-32)54(40(56)59-41(3,4)5)26-43(18-10-19-43)37-30(45)12-8-21-47-37)15-22-58-39(55)33-24-34(60-53-33)31-13-14-35(51-49-31)48-25-42(16-9-17-42)36-29(44)11-7-20-46-36/h7-8,11-14,20-21,23-24H,2,6,9-10,15-19,22,25-26H2,1,3-5H3,(H,48,51). The number of pyridine rings is 2. The first-order chi connectivity index (χ1) is 28.8. The number of carbonyl (C=O) groups excluding carboxylic acids is 2. The Morgan fingerprint density at radius 3 is 2.15 bits per heavy atom. The third kappa shape index (κ3) is 9.09. The van der Waals surface area contributed by atoms with Crippen LogP contribution in [0.2, 0.25) is 0 Å². The van der Waals surface area contributed by atoms with Gasteiger partial charge in [-0.3, -0.25) is 14.9 Å². The number of nitrogens with one attached hydrogen (secondary N) is 1. The summed E-state index contributed by atoms with van der Waals surface area (Å²) in [6.07, 6.45) is 7.08. The summed E-state index contributed by atoms with van der Waals surface area (Å²) in [5.74, 6) is -0.487. The fraction of sp³-hybridized carbons (Fsp3) is 0.419. The Labute approximate surface area is 346 Å². The molecule has 2 fully saturated rings. The number of anilines is 2. The molecule has 15 nitrogen and oxygen atoms in total. The van der Waals surface area contributed by atoms with Gasteiger partial charge in [0.05, 0.1) is 24.6 Å². The largest absolute Gasteiger partial charge is 0.492 e. The van der Waals surface area contributed by atoms with E-state index in [0.29, 0.717) is 54.5 Å². The first-order valence-corrected chi connectivity index (χ1v) is 19.9. The Balaban J connectivity index is 1.05. The molecule has 314 valence electrons. The summed E-state index contributed by atoms with van der Waals surface area (Å²) in [4.78, 5) is 37.3. The first-order valence-electron chi connectivity index (χ1n) is 19.9. The van der Waals surface area contributed by atoms with Gasteiger partial charge >= 0.3 is 12.1 Å². The molecule has 0 aromatic carbocycles. The molecule has 5 heterocycles. The van der Waals surface area contributed by atoms with Crippen molar-refractivity contribution in [3.05, 3.63) is 107 Å². The maximum absolute atomic E-state index is 15.2. The summed E-state index contributed by atoms with van der Waals surface area (Å²) in [7, 11) is 0. The van der Waals surface area contributed by atoms with Gasteiger partial charge < -0.3 is 24.1 Å². The lowest BCUT2D eigenvalue weighted by Crippen LogP contribution is -2.50. The number of esters is 1. The molecule has 5 aromatic rings. The predicted octanol–water partition coefficient (Wildman–Crippen LogP) is 7.79. The molecule has 0 unspecified atom stereocenters. The number of hydrogen-bond acceptors (Lipinski definition) is 14. The van der Waals surface area contributed by atoms with Crippen molar-refractivity contribution in [2.24, 2.45) is 0 Å². The van der Waals surface area contributed by atoms with Gasteiger partial charge in [-0.15, -0.1) is 20.4 Å². The Morgan fingerprint density at radius 1 is 0.883 bits per heavy atom. The van der Waals surface area contributed by atoms with Crippen molar-refractivity contribution in [3.63, 3.8) is 0 Å². The maximum atomic E-state index is 15.2. The summed E-state index contributed by atoms with van der Waals surface area (Å²) in [5, 5.41) is 24.4. The van der Waals surface area contributed by atoms with E-state index < -0.39 is 34.3 Å². The molecule has 0 spiro atoms. The molecule has 1 amide bonds. The lowest BCUT2D eigenvalue weighted by Gasteiger charge is -2.44. The van der Waals surface area contributed by atoms with E-state index in [2.05, 4.69) is 47.4 Å². The lowest BCUT2D eigenvalue weighted by atomic mass is 9.66. The molecular formula is C43H47F2N9O6. The second-order valence-corrected chi connectivity index (χ2v) is 16.1. The smallest absolute Gasteiger partial charge is 0.416 e. The topological polar surface area (TPSA) is 180 Å². The molecule has 7 rings (SSSR count). The van der Waals surface area contributed by atoms with E-state index in [-0.39, 0.29) is 54.1 Å². The van der Waals surface area contributed by atoms with E-state index >= 15 is 4.39 Å². The highest BCUT2D eigenvalue weighted by atomic mass is 19.1. The molecule has 60 heavy (non-hydrogen) atoms. The van der Waals surface area contributed by atoms with Gasteiger partial charge in [0, 0.05) is 54.4 Å². The first kappa shape index (κ1) is 41.8. The van der Waals surface area contributed by atoms with Crippen molar-refractivity contribution in [1.29, 1.82) is 0 Å². The molecule has 5 aromatic heterocycles. The van der Waals surface area contributed by atoms with Crippen molar-refractivity contribution >= 4 is 29.5 Å². The summed E-state index contributed by atoms with van der Waals surface area (Å²) in [5.41, 5.74) is -0.371. The number of aromatic nitrogens is 7. The molecule has 2 saturated carbocycles. The fourth-order valence-corrected chi connectivity index (χ4v) is 7.43. The zero-order chi connectivity index (χ0) is 42.5. The number of rotatable bonds is 16. The molecule has 17 heteroatoms. The number of halogens is 2. The molecule has 0 saturated heterocycles. The van der Waals surface area contributed by atoms with Crippen LogP contribution in [0.5, 0.6) is 0 Å². The molecule has 1 N–H and O–H groups in total. The Morgan fingerprint density at radius 2 is 1.57 bits per heavy atom. The molecule has 0 atom stereocenters. The van der Waals surface area contributed by atoms with Gasteiger partial charge in [0.25, 0.3) is 0 Å². The van der Waals surface area contributed by atoms with E-state index in [9.17, 15) is 14.0 Å². The summed E-state index contributed by atoms with van der Waals surface area (Å²) < 4.78 is 52.3. The third-order valence-corrected chi connectivity index (χ3v) is 10.8. The van der Waals surface area contributed by atoms with Gasteiger partial charge in [0.15, 0.2) is 17.3 Å². The van der Waals surface area contributed by atoms with Crippen LogP contribution in [0.4, 0.5) is 25.2 Å². The second-order valence-electron chi connectivity index (χ2n) is 16.1. The van der Waals surface area contributed by atoms with Gasteiger partial charge in [-0.1, -0.05) is 24.6 Å². The van der Waals surface area contributed by atoms with Crippen molar-refractivity contribution in [1.82, 2.24) is 35.5 Å². The van der Waals surface area contributed by atoms with Gasteiger partial charge in [-0.25, -0.2) is 18.4 Å². The average molecular weight is 824 g/mol. The van der Waals surface area contributed by atoms with E-state index in [1.165, 1.54) is 35.4 Å². The zero-order valence-electron chi connectivity index (χ0n) is 34.0. The monoisotopic (exact) mass is 823 g/mol. The number of ether oxygens (including phenoxy) is 3. The molecular weight excluding hydrogens is 777 g/mol. The van der Waals surface area contributed by atoms with Crippen LogP contribution in [0.15, 0.2) is 72.0 Å². The molecule has 0 aliphatic heterocycles. The van der Waals surface area contributed by atoms with Crippen molar-refractivity contribution in [3.8, 4) is 11.5 Å². The Hall–Kier alpha value is -6.39. The molecule has 0 radical (unpaired) electrons. The fourth-order valence-electron chi connectivity index (χ4n) is 7.43. The zero-order valence-corrected chi connectivity index (χ0v) is 34.0. The number of hydrogen-bond donors (Lipinski definition) is 1. The van der Waals surface area contributed by atoms with Crippen LogP contribution in [0.25, 0.3) is 17.2 Å². The minimum absolute atomic E-state index is 0.0106. The summed E-state index contributed by atoms with van der Waals surface area (Å²) in [6, 6.07) is 12.3. The van der Waals surface area contributed by atoms with Crippen LogP contribution >= 0.6 is 0 Å². The minimum atomic E-state index is -0.868. The number of amides is 1. The van der Waals surface area contributed by atoms with E-state index in [1.807, 2.05) is 0 Å². The van der Waals surface area contributed by atoms with Crippen LogP contribution < -0.4 is 10.2 Å². The van der Waals surface area contributed by atoms with Gasteiger partial charge in [0.2, 0.25) is 0 Å². The van der Waals surface area contributed by atoms with Crippen molar-refractivity contribution in [2.45, 2.75) is 89.1 Å². The lowest BCUT2D eigenvalue weighted by molar-refractivity contribution is 0.0493. The SMILES string of the molecule is C=C(OCC)c1cc(CCOC(=O)c2cc(-c3ccc(NCC4(c5ncccc5F)CCC4)nn3)on2)c(N(CC2(c3ncccc3F)CCC2)C(=O)OC(C)(C)C)nn1. The van der Waals surface area contributed by atoms with E-state index in [1.54, 1.807) is 58.2 Å². The summed E-state index contributed by atoms with van der Waals surface area (Å²) >= 11 is 0. The Kier molecular flexibility index (Phi) is 12.1. The van der Waals surface area contributed by atoms with Crippen LogP contribution in [-0.4, -0.2) is 79.5 Å². The van der Waals surface area contributed by atoms with Crippen LogP contribution in [0.1, 0.15) is 99.4 Å². The highest BCUT2D eigenvalue weighted by molar-refractivity contribution is 5.89. The highest BCUT2D eigenvalue weighted by Crippen LogP contribution is 2.46. The maximum Gasteiger partial charge on any atom is 0.416 e. The quantitative estimate of drug-likeness (QED) is 0.0752. The van der Waals surface area contributed by atoms with Crippen molar-refractivity contribution < 1.29 is 37.1 Å². The van der Waals surface area contributed by atoms with Crippen LogP contribution in [0, 0.1) is 11.6 Å². The second kappa shape index (κ2) is 17.5. The minimum Gasteiger partial charge on any atom is -0.492 e. The van der Waals surface area contributed by atoms with E-state index in [0.717, 1.165) is 25.7 Å². The Bertz CT molecular complexity index is 2340. The molecule has 2 aliphatic rings. The number of carbonyl (C=O) groups is 2. The predicted molar refractivity (Wildman–Crippen MR) is 216 cm³/mol. The number of nitrogens with zero attached hydrogens (tertiary/aromatic N) is 8. The van der Waals surface area contributed by atoms with Crippen LogP contribution in [0.3, 0.4) is 0 Å². The average Bonchev–Trinajstić information content (AvgIpc) is 3.69. The highest BCUT2D eigenvalue weighted by Gasteiger charge is 2.46. The van der Waals surface area contributed by atoms with Crippen LogP contribution in [-0.2, 0) is 31.5 Å².